The molecule has 2 aromatic carbocycles. The summed E-state index contributed by atoms with van der Waals surface area (Å²) < 4.78 is 0. The minimum absolute atomic E-state index is 0.125. The molecule has 4 amide bonds. The Hall–Kier alpha value is -4.08. The SMILES string of the molecule is CCCCCc1cccc(O)c1C(=O)NNC(=O)C(C)CCCC(CCCC)C(=O)NNC(=O)c1c(O)cccc1CCCCC. The molecule has 0 heterocycles. The third-order valence-corrected chi connectivity index (χ3v) is 8.32. The number of hydrogen-bond donors (Lipinski definition) is 6. The van der Waals surface area contributed by atoms with Gasteiger partial charge in [0.25, 0.3) is 11.8 Å². The zero-order chi connectivity index (χ0) is 33.9. The van der Waals surface area contributed by atoms with Crippen molar-refractivity contribution in [2.75, 3.05) is 0 Å². The summed E-state index contributed by atoms with van der Waals surface area (Å²) in [4.78, 5) is 51.7. The van der Waals surface area contributed by atoms with Gasteiger partial charge in [0, 0.05) is 11.8 Å². The lowest BCUT2D eigenvalue weighted by atomic mass is 9.92. The van der Waals surface area contributed by atoms with Gasteiger partial charge < -0.3 is 10.2 Å². The van der Waals surface area contributed by atoms with Crippen LogP contribution in [0.1, 0.15) is 137 Å². The minimum atomic E-state index is -0.569. The predicted octanol–water partition coefficient (Wildman–Crippen LogP) is 6.40. The van der Waals surface area contributed by atoms with E-state index in [0.717, 1.165) is 62.5 Å². The Kier molecular flexibility index (Phi) is 17.3. The van der Waals surface area contributed by atoms with Crippen LogP contribution in [-0.4, -0.2) is 33.8 Å². The first-order chi connectivity index (χ1) is 22.1. The molecule has 0 aromatic heterocycles. The predicted molar refractivity (Wildman–Crippen MR) is 180 cm³/mol. The van der Waals surface area contributed by atoms with Gasteiger partial charge in [-0.05, 0) is 68.2 Å². The second-order valence-corrected chi connectivity index (χ2v) is 12.1. The zero-order valence-corrected chi connectivity index (χ0v) is 28.0. The number of rotatable bonds is 19. The maximum absolute atomic E-state index is 13.1. The Morgan fingerprint density at radius 3 is 1.52 bits per heavy atom. The van der Waals surface area contributed by atoms with E-state index >= 15 is 0 Å². The summed E-state index contributed by atoms with van der Waals surface area (Å²) in [6.45, 7) is 7.98. The molecule has 2 rings (SSSR count). The molecule has 2 atom stereocenters. The van der Waals surface area contributed by atoms with Gasteiger partial charge in [-0.15, -0.1) is 0 Å². The molecule has 0 radical (unpaired) electrons. The summed E-state index contributed by atoms with van der Waals surface area (Å²) in [6, 6.07) is 9.96. The molecular weight excluding hydrogens is 584 g/mol. The molecule has 0 saturated heterocycles. The van der Waals surface area contributed by atoms with Gasteiger partial charge in [-0.2, -0.15) is 0 Å². The number of carbonyl (C=O) groups excluding carboxylic acids is 4. The van der Waals surface area contributed by atoms with E-state index in [1.165, 1.54) is 12.1 Å². The number of nitrogens with one attached hydrogen (secondary N) is 4. The van der Waals surface area contributed by atoms with Crippen molar-refractivity contribution in [3.05, 3.63) is 58.7 Å². The van der Waals surface area contributed by atoms with E-state index in [-0.39, 0.29) is 40.4 Å². The van der Waals surface area contributed by atoms with E-state index in [0.29, 0.717) is 38.5 Å². The summed E-state index contributed by atoms with van der Waals surface area (Å²) in [5.41, 5.74) is 11.8. The van der Waals surface area contributed by atoms with Crippen molar-refractivity contribution >= 4 is 23.6 Å². The molecule has 10 heteroatoms. The Morgan fingerprint density at radius 2 is 1.04 bits per heavy atom. The lowest BCUT2D eigenvalue weighted by Gasteiger charge is -2.19. The normalized spacial score (nSPS) is 12.2. The maximum atomic E-state index is 13.1. The van der Waals surface area contributed by atoms with Crippen molar-refractivity contribution in [1.82, 2.24) is 21.7 Å². The van der Waals surface area contributed by atoms with E-state index in [1.807, 2.05) is 19.1 Å². The van der Waals surface area contributed by atoms with E-state index in [4.69, 9.17) is 0 Å². The summed E-state index contributed by atoms with van der Waals surface area (Å²) >= 11 is 0. The van der Waals surface area contributed by atoms with Crippen LogP contribution in [-0.2, 0) is 22.4 Å². The third-order valence-electron chi connectivity index (χ3n) is 8.32. The number of benzene rings is 2. The molecule has 254 valence electrons. The summed E-state index contributed by atoms with van der Waals surface area (Å²) in [7, 11) is 0. The molecular formula is C36H54N4O6. The number of aryl methyl sites for hydroxylation is 2. The van der Waals surface area contributed by atoms with Crippen molar-refractivity contribution in [3.63, 3.8) is 0 Å². The molecule has 2 aromatic rings. The molecule has 0 saturated carbocycles. The first-order valence-corrected chi connectivity index (χ1v) is 17.0. The highest BCUT2D eigenvalue weighted by Crippen LogP contribution is 2.24. The highest BCUT2D eigenvalue weighted by atomic mass is 16.3. The monoisotopic (exact) mass is 638 g/mol. The Labute approximate surface area is 274 Å². The number of hydrazine groups is 2. The lowest BCUT2D eigenvalue weighted by Crippen LogP contribution is -2.45. The van der Waals surface area contributed by atoms with Crippen LogP contribution in [0.25, 0.3) is 0 Å². The number of hydrogen-bond acceptors (Lipinski definition) is 6. The first-order valence-electron chi connectivity index (χ1n) is 17.0. The van der Waals surface area contributed by atoms with Gasteiger partial charge in [0.05, 0.1) is 11.1 Å². The van der Waals surface area contributed by atoms with Gasteiger partial charge in [-0.1, -0.05) is 96.9 Å². The van der Waals surface area contributed by atoms with Gasteiger partial charge in [-0.3, -0.25) is 40.9 Å². The second kappa shape index (κ2) is 20.9. The van der Waals surface area contributed by atoms with Gasteiger partial charge in [-0.25, -0.2) is 0 Å². The first kappa shape index (κ1) is 38.1. The molecule has 2 unspecified atom stereocenters. The maximum Gasteiger partial charge on any atom is 0.273 e. The van der Waals surface area contributed by atoms with Gasteiger partial charge in [0.1, 0.15) is 11.5 Å². The van der Waals surface area contributed by atoms with Gasteiger partial charge in [0.2, 0.25) is 11.8 Å². The smallest absolute Gasteiger partial charge is 0.273 e. The number of amides is 4. The standard InChI is InChI=1S/C36H54N4O6/c1-5-8-11-18-26-20-14-23-29(41)31(26)35(45)39-37-33(43)25(4)16-13-22-28(17-10-7-3)34(44)38-40-36(46)32-27(19-12-9-6-2)21-15-24-30(32)42/h14-15,20-21,23-25,28,41-42H,5-13,16-19,22H2,1-4H3,(H,37,43)(H,38,44)(H,39,45)(H,40,46). The quantitative estimate of drug-likeness (QED) is 0.0773. The van der Waals surface area contributed by atoms with Crippen LogP contribution in [0, 0.1) is 11.8 Å². The van der Waals surface area contributed by atoms with Crippen LogP contribution in [0.3, 0.4) is 0 Å². The largest absolute Gasteiger partial charge is 0.507 e. The molecule has 0 aliphatic rings. The molecule has 10 nitrogen and oxygen atoms in total. The van der Waals surface area contributed by atoms with Crippen molar-refractivity contribution in [2.45, 2.75) is 118 Å². The highest BCUT2D eigenvalue weighted by Gasteiger charge is 2.23. The van der Waals surface area contributed by atoms with Crippen LogP contribution in [0.15, 0.2) is 36.4 Å². The fraction of sp³-hybridized carbons (Fsp3) is 0.556. The molecule has 0 aliphatic carbocycles. The Bertz CT molecular complexity index is 1280. The van der Waals surface area contributed by atoms with Crippen LogP contribution < -0.4 is 21.7 Å². The lowest BCUT2D eigenvalue weighted by molar-refractivity contribution is -0.126. The van der Waals surface area contributed by atoms with Gasteiger partial charge >= 0.3 is 0 Å². The second-order valence-electron chi connectivity index (χ2n) is 12.1. The van der Waals surface area contributed by atoms with E-state index in [1.54, 1.807) is 19.1 Å². The van der Waals surface area contributed by atoms with Gasteiger partial charge in [0.15, 0.2) is 0 Å². The molecule has 6 N–H and O–H groups in total. The fourth-order valence-electron chi connectivity index (χ4n) is 5.49. The Balaban J connectivity index is 1.89. The number of phenolic OH excluding ortho intramolecular Hbond substituents is 2. The average Bonchev–Trinajstić information content (AvgIpc) is 3.04. The number of unbranched alkanes of at least 4 members (excludes halogenated alkanes) is 5. The van der Waals surface area contributed by atoms with Crippen LogP contribution in [0.2, 0.25) is 0 Å². The molecule has 0 bridgehead atoms. The topological polar surface area (TPSA) is 157 Å². The summed E-state index contributed by atoms with van der Waals surface area (Å²) in [5.74, 6) is -2.86. The van der Waals surface area contributed by atoms with Crippen molar-refractivity contribution in [1.29, 1.82) is 0 Å². The van der Waals surface area contributed by atoms with E-state index in [2.05, 4.69) is 35.6 Å². The Morgan fingerprint density at radius 1 is 0.587 bits per heavy atom. The number of aromatic hydroxyl groups is 2. The molecule has 46 heavy (non-hydrogen) atoms. The summed E-state index contributed by atoms with van der Waals surface area (Å²) in [6.07, 6.45) is 11.2. The van der Waals surface area contributed by atoms with Crippen molar-refractivity contribution in [3.8, 4) is 11.5 Å². The van der Waals surface area contributed by atoms with E-state index < -0.39 is 17.7 Å². The van der Waals surface area contributed by atoms with E-state index in [9.17, 15) is 29.4 Å². The van der Waals surface area contributed by atoms with Crippen molar-refractivity contribution in [2.24, 2.45) is 11.8 Å². The molecule has 0 fully saturated rings. The number of carbonyl (C=O) groups is 4. The highest BCUT2D eigenvalue weighted by molar-refractivity contribution is 6.00. The van der Waals surface area contributed by atoms with Crippen LogP contribution >= 0.6 is 0 Å². The number of phenols is 2. The fourth-order valence-corrected chi connectivity index (χ4v) is 5.49. The van der Waals surface area contributed by atoms with Crippen LogP contribution in [0.5, 0.6) is 11.5 Å². The zero-order valence-electron chi connectivity index (χ0n) is 28.0. The van der Waals surface area contributed by atoms with Crippen LogP contribution in [0.4, 0.5) is 0 Å². The third kappa shape index (κ3) is 12.4. The molecule has 0 spiro atoms. The minimum Gasteiger partial charge on any atom is -0.507 e. The summed E-state index contributed by atoms with van der Waals surface area (Å²) in [5, 5.41) is 20.7. The van der Waals surface area contributed by atoms with Crippen molar-refractivity contribution < 1.29 is 29.4 Å². The average molecular weight is 639 g/mol. The molecule has 0 aliphatic heterocycles.